The molecule has 2 rings (SSSR count). The third-order valence-corrected chi connectivity index (χ3v) is 3.99. The molecule has 1 aromatic heterocycles. The van der Waals surface area contributed by atoms with Gasteiger partial charge < -0.3 is 14.7 Å². The minimum atomic E-state index is -0.657. The summed E-state index contributed by atoms with van der Waals surface area (Å²) < 4.78 is 4.55. The maximum atomic E-state index is 11.5. The van der Waals surface area contributed by atoms with E-state index >= 15 is 0 Å². The Morgan fingerprint density at radius 3 is 2.68 bits per heavy atom. The molecule has 1 aliphatic rings. The second-order valence-corrected chi connectivity index (χ2v) is 5.38. The maximum Gasteiger partial charge on any atom is 0.339 e. The fraction of sp³-hybridized carbons (Fsp3) is 0.571. The number of ether oxygens (including phenoxy) is 1. The van der Waals surface area contributed by atoms with Gasteiger partial charge in [-0.3, -0.25) is 10.1 Å². The number of aliphatic hydroxyl groups is 1. The first-order valence-corrected chi connectivity index (χ1v) is 7.09. The summed E-state index contributed by atoms with van der Waals surface area (Å²) >= 11 is 0. The zero-order valence-electron chi connectivity index (χ0n) is 12.6. The molecule has 1 aliphatic heterocycles. The van der Waals surface area contributed by atoms with Gasteiger partial charge in [-0.25, -0.2) is 9.78 Å². The van der Waals surface area contributed by atoms with E-state index in [1.807, 2.05) is 4.90 Å². The lowest BCUT2D eigenvalue weighted by Crippen LogP contribution is -2.37. The van der Waals surface area contributed by atoms with E-state index in [1.54, 1.807) is 6.92 Å². The van der Waals surface area contributed by atoms with E-state index in [0.717, 1.165) is 12.8 Å². The summed E-state index contributed by atoms with van der Waals surface area (Å²) in [6, 6.07) is 1.19. The first-order chi connectivity index (χ1) is 10.4. The van der Waals surface area contributed by atoms with Crippen molar-refractivity contribution in [2.24, 2.45) is 5.92 Å². The number of nitro groups is 1. The van der Waals surface area contributed by atoms with Crippen molar-refractivity contribution < 1.29 is 19.6 Å². The van der Waals surface area contributed by atoms with Gasteiger partial charge in [0.2, 0.25) is 5.82 Å². The van der Waals surface area contributed by atoms with Crippen LogP contribution in [0.4, 0.5) is 11.5 Å². The predicted octanol–water partition coefficient (Wildman–Crippen LogP) is 1.37. The number of piperidine rings is 1. The van der Waals surface area contributed by atoms with Gasteiger partial charge in [-0.15, -0.1) is 0 Å². The lowest BCUT2D eigenvalue weighted by Gasteiger charge is -2.33. The van der Waals surface area contributed by atoms with Crippen LogP contribution in [0.3, 0.4) is 0 Å². The molecule has 0 aromatic carbocycles. The van der Waals surface area contributed by atoms with E-state index in [0.29, 0.717) is 13.1 Å². The quantitative estimate of drug-likeness (QED) is 0.508. The van der Waals surface area contributed by atoms with Crippen molar-refractivity contribution in [3.8, 4) is 0 Å². The number of hydrogen-bond acceptors (Lipinski definition) is 7. The SMILES string of the molecule is COC(=O)c1cnc(N2CCC(C(C)O)CC2)c([N+](=O)[O-])c1. The number of methoxy groups -OCH3 is 1. The van der Waals surface area contributed by atoms with Gasteiger partial charge >= 0.3 is 11.7 Å². The molecule has 0 spiro atoms. The monoisotopic (exact) mass is 309 g/mol. The molecule has 1 aromatic rings. The Kier molecular flexibility index (Phi) is 4.92. The smallest absolute Gasteiger partial charge is 0.339 e. The summed E-state index contributed by atoms with van der Waals surface area (Å²) in [7, 11) is 1.21. The molecule has 0 bridgehead atoms. The van der Waals surface area contributed by atoms with Crippen LogP contribution in [-0.4, -0.2) is 47.3 Å². The molecule has 1 N–H and O–H groups in total. The van der Waals surface area contributed by atoms with E-state index < -0.39 is 10.9 Å². The molecule has 0 aliphatic carbocycles. The Hall–Kier alpha value is -2.22. The van der Waals surface area contributed by atoms with E-state index in [9.17, 15) is 20.0 Å². The lowest BCUT2D eigenvalue weighted by atomic mass is 9.92. The number of nitrogens with zero attached hydrogens (tertiary/aromatic N) is 3. The standard InChI is InChI=1S/C14H19N3O5/c1-9(18)10-3-5-16(6-4-10)13-12(17(20)21)7-11(8-15-13)14(19)22-2/h7-10,18H,3-6H2,1-2H3. The number of carbonyl (C=O) groups excluding carboxylic acids is 1. The van der Waals surface area contributed by atoms with Gasteiger partial charge in [0.15, 0.2) is 0 Å². The minimum absolute atomic E-state index is 0.0526. The summed E-state index contributed by atoms with van der Waals surface area (Å²) in [6.45, 7) is 2.92. The van der Waals surface area contributed by atoms with Gasteiger partial charge in [0.25, 0.3) is 0 Å². The average Bonchev–Trinajstić information content (AvgIpc) is 2.53. The van der Waals surface area contributed by atoms with E-state index in [4.69, 9.17) is 0 Å². The number of hydrogen-bond donors (Lipinski definition) is 1. The Morgan fingerprint density at radius 1 is 1.55 bits per heavy atom. The average molecular weight is 309 g/mol. The number of carbonyl (C=O) groups is 1. The van der Waals surface area contributed by atoms with Crippen LogP contribution in [0.1, 0.15) is 30.1 Å². The van der Waals surface area contributed by atoms with Crippen molar-refractivity contribution in [2.75, 3.05) is 25.1 Å². The van der Waals surface area contributed by atoms with Crippen molar-refractivity contribution in [2.45, 2.75) is 25.9 Å². The third kappa shape index (κ3) is 3.33. The molecular weight excluding hydrogens is 290 g/mol. The van der Waals surface area contributed by atoms with Gasteiger partial charge in [-0.1, -0.05) is 0 Å². The fourth-order valence-corrected chi connectivity index (χ4v) is 2.65. The van der Waals surface area contributed by atoms with Gasteiger partial charge in [-0.2, -0.15) is 0 Å². The van der Waals surface area contributed by atoms with Gasteiger partial charge in [0, 0.05) is 25.4 Å². The Labute approximate surface area is 127 Å². The van der Waals surface area contributed by atoms with E-state index in [1.165, 1.54) is 19.4 Å². The highest BCUT2D eigenvalue weighted by Gasteiger charge is 2.28. The molecule has 8 nitrogen and oxygen atoms in total. The first kappa shape index (κ1) is 16.2. The maximum absolute atomic E-state index is 11.5. The lowest BCUT2D eigenvalue weighted by molar-refractivity contribution is -0.384. The Balaban J connectivity index is 2.24. The van der Waals surface area contributed by atoms with Crippen LogP contribution < -0.4 is 4.90 Å². The molecule has 0 amide bonds. The normalized spacial score (nSPS) is 17.1. The molecule has 1 saturated heterocycles. The fourth-order valence-electron chi connectivity index (χ4n) is 2.65. The molecule has 0 saturated carbocycles. The molecule has 120 valence electrons. The van der Waals surface area contributed by atoms with Gasteiger partial charge in [-0.05, 0) is 25.7 Å². The van der Waals surface area contributed by atoms with Crippen LogP contribution in [0.15, 0.2) is 12.3 Å². The zero-order valence-corrected chi connectivity index (χ0v) is 12.6. The molecule has 22 heavy (non-hydrogen) atoms. The highest BCUT2D eigenvalue weighted by Crippen LogP contribution is 2.31. The highest BCUT2D eigenvalue weighted by molar-refractivity contribution is 5.90. The van der Waals surface area contributed by atoms with Crippen molar-refractivity contribution in [1.29, 1.82) is 0 Å². The third-order valence-electron chi connectivity index (χ3n) is 3.99. The largest absolute Gasteiger partial charge is 0.465 e. The van der Waals surface area contributed by atoms with Crippen LogP contribution in [-0.2, 0) is 4.74 Å². The first-order valence-electron chi connectivity index (χ1n) is 7.09. The molecule has 0 radical (unpaired) electrons. The number of esters is 1. The molecule has 1 unspecified atom stereocenters. The molecule has 8 heteroatoms. The minimum Gasteiger partial charge on any atom is -0.465 e. The molecule has 2 heterocycles. The van der Waals surface area contributed by atoms with Crippen LogP contribution in [0.5, 0.6) is 0 Å². The van der Waals surface area contributed by atoms with Crippen LogP contribution in [0.2, 0.25) is 0 Å². The van der Waals surface area contributed by atoms with Crippen molar-refractivity contribution in [1.82, 2.24) is 4.98 Å². The molecular formula is C14H19N3O5. The van der Waals surface area contributed by atoms with Crippen LogP contribution in [0, 0.1) is 16.0 Å². The van der Waals surface area contributed by atoms with Crippen LogP contribution in [0.25, 0.3) is 0 Å². The predicted molar refractivity (Wildman–Crippen MR) is 78.8 cm³/mol. The summed E-state index contributed by atoms with van der Waals surface area (Å²) in [5, 5.41) is 20.9. The number of anilines is 1. The highest BCUT2D eigenvalue weighted by atomic mass is 16.6. The topological polar surface area (TPSA) is 106 Å². The van der Waals surface area contributed by atoms with Crippen molar-refractivity contribution in [3.63, 3.8) is 0 Å². The molecule has 1 fully saturated rings. The summed E-state index contributed by atoms with van der Waals surface area (Å²) in [5.41, 5.74) is -0.157. The summed E-state index contributed by atoms with van der Waals surface area (Å²) in [5.74, 6) is -0.207. The summed E-state index contributed by atoms with van der Waals surface area (Å²) in [4.78, 5) is 28.1. The number of aliphatic hydroxyl groups excluding tert-OH is 1. The number of rotatable bonds is 4. The van der Waals surface area contributed by atoms with Gasteiger partial charge in [0.1, 0.15) is 0 Å². The number of pyridine rings is 1. The van der Waals surface area contributed by atoms with E-state index in [-0.39, 0.29) is 29.1 Å². The second kappa shape index (κ2) is 6.69. The Morgan fingerprint density at radius 2 is 2.18 bits per heavy atom. The zero-order chi connectivity index (χ0) is 16.3. The molecule has 1 atom stereocenters. The van der Waals surface area contributed by atoms with Crippen LogP contribution >= 0.6 is 0 Å². The van der Waals surface area contributed by atoms with E-state index in [2.05, 4.69) is 9.72 Å². The van der Waals surface area contributed by atoms with Gasteiger partial charge in [0.05, 0.1) is 23.7 Å². The summed E-state index contributed by atoms with van der Waals surface area (Å²) in [6.07, 6.45) is 2.39. The number of aromatic nitrogens is 1. The Bertz CT molecular complexity index is 568. The second-order valence-electron chi connectivity index (χ2n) is 5.38. The van der Waals surface area contributed by atoms with Crippen molar-refractivity contribution >= 4 is 17.5 Å². The van der Waals surface area contributed by atoms with Crippen molar-refractivity contribution in [3.05, 3.63) is 27.9 Å².